The lowest BCUT2D eigenvalue weighted by Crippen LogP contribution is -2.17. The Bertz CT molecular complexity index is 236. The van der Waals surface area contributed by atoms with Crippen LogP contribution in [0.4, 0.5) is 0 Å². The summed E-state index contributed by atoms with van der Waals surface area (Å²) in [5.74, 6) is 1.43. The molecule has 0 spiro atoms. The third-order valence-electron chi connectivity index (χ3n) is 1.20. The highest BCUT2D eigenvalue weighted by atomic mass is 79.9. The van der Waals surface area contributed by atoms with Crippen molar-refractivity contribution in [1.29, 1.82) is 0 Å². The van der Waals surface area contributed by atoms with Crippen LogP contribution in [0.5, 0.6) is 0 Å². The van der Waals surface area contributed by atoms with E-state index >= 15 is 0 Å². The van der Waals surface area contributed by atoms with E-state index < -0.39 is 12.3 Å². The number of rotatable bonds is 0. The van der Waals surface area contributed by atoms with Crippen molar-refractivity contribution in [2.24, 2.45) is 0 Å². The molecular weight excluding hydrogens is 238 g/mol. The fourth-order valence-corrected chi connectivity index (χ4v) is 4.21. The van der Waals surface area contributed by atoms with Crippen molar-refractivity contribution in [3.05, 3.63) is 10.3 Å². The summed E-state index contributed by atoms with van der Waals surface area (Å²) in [5, 5.41) is 0. The molecule has 1 rings (SSSR count). The summed E-state index contributed by atoms with van der Waals surface area (Å²) in [7, 11) is 0. The van der Waals surface area contributed by atoms with Crippen LogP contribution in [0, 0.1) is 0 Å². The minimum absolute atomic E-state index is 0.530. The van der Waals surface area contributed by atoms with Gasteiger partial charge >= 0.3 is 6.72 Å². The molecule has 0 aliphatic carbocycles. The van der Waals surface area contributed by atoms with Crippen molar-refractivity contribution < 1.29 is 9.09 Å². The highest BCUT2D eigenvalue weighted by molar-refractivity contribution is 9.11. The summed E-state index contributed by atoms with van der Waals surface area (Å²) in [6.07, 6.45) is 0. The molecule has 0 saturated heterocycles. The molecule has 5 heteroatoms. The predicted molar refractivity (Wildman–Crippen MR) is 45.6 cm³/mol. The van der Waals surface area contributed by atoms with Crippen molar-refractivity contribution in [2.45, 2.75) is 19.4 Å². The molecule has 2 nitrogen and oxygen atoms in total. The lowest BCUT2D eigenvalue weighted by molar-refractivity contribution is 0.182. The second kappa shape index (κ2) is 2.34. The van der Waals surface area contributed by atoms with E-state index in [1.807, 2.05) is 0 Å². The van der Waals surface area contributed by atoms with Gasteiger partial charge in [-0.05, 0) is 25.1 Å². The average molecular weight is 245 g/mol. The molecule has 0 N–H and O–H groups in total. The topological polar surface area (TPSA) is 26.3 Å². The van der Waals surface area contributed by atoms with Gasteiger partial charge in [-0.25, -0.2) is 0 Å². The van der Waals surface area contributed by atoms with Gasteiger partial charge in [-0.2, -0.15) is 0 Å². The van der Waals surface area contributed by atoms with Gasteiger partial charge in [0.25, 0.3) is 0 Å². The Labute approximate surface area is 73.0 Å². The average Bonchev–Trinajstić information content (AvgIpc) is 1.73. The zero-order valence-corrected chi connectivity index (χ0v) is 8.83. The normalized spacial score (nSPS) is 37.8. The Morgan fingerprint density at radius 2 is 2.30 bits per heavy atom. The molecule has 0 aromatic rings. The number of hydrogen-bond donors (Lipinski definition) is 0. The Morgan fingerprint density at radius 3 is 2.40 bits per heavy atom. The summed E-state index contributed by atoms with van der Waals surface area (Å²) in [4.78, 5) is 0. The molecule has 0 bridgehead atoms. The van der Waals surface area contributed by atoms with Crippen LogP contribution < -0.4 is 0 Å². The summed E-state index contributed by atoms with van der Waals surface area (Å²) < 4.78 is 16.9. The summed E-state index contributed by atoms with van der Waals surface area (Å²) in [6, 6.07) is 0. The van der Waals surface area contributed by atoms with Crippen molar-refractivity contribution in [3.63, 3.8) is 0 Å². The molecule has 0 aromatic heterocycles. The van der Waals surface area contributed by atoms with Gasteiger partial charge in [0.1, 0.15) is 5.60 Å². The molecule has 1 unspecified atom stereocenters. The van der Waals surface area contributed by atoms with E-state index in [0.29, 0.717) is 0 Å². The van der Waals surface area contributed by atoms with Gasteiger partial charge in [0, 0.05) is 10.3 Å². The zero-order chi connectivity index (χ0) is 7.99. The fraction of sp³-hybridized carbons (Fsp3) is 0.600. The quantitative estimate of drug-likeness (QED) is 0.611. The molecule has 10 heavy (non-hydrogen) atoms. The van der Waals surface area contributed by atoms with Crippen LogP contribution in [0.15, 0.2) is 10.3 Å². The highest BCUT2D eigenvalue weighted by Gasteiger charge is 2.38. The minimum Gasteiger partial charge on any atom is -0.303 e. The molecule has 1 aliphatic rings. The first kappa shape index (κ1) is 8.79. The largest absolute Gasteiger partial charge is 0.314 e. The van der Waals surface area contributed by atoms with Gasteiger partial charge in [-0.1, -0.05) is 15.9 Å². The van der Waals surface area contributed by atoms with Crippen LogP contribution in [0.2, 0.25) is 0 Å². The molecule has 1 heterocycles. The van der Waals surface area contributed by atoms with Crippen molar-refractivity contribution in [1.82, 2.24) is 0 Å². The highest BCUT2D eigenvalue weighted by Crippen LogP contribution is 2.64. The molecular formula is C5H7BrClO2P. The van der Waals surface area contributed by atoms with Crippen LogP contribution in [0.3, 0.4) is 0 Å². The fourth-order valence-electron chi connectivity index (χ4n) is 0.672. The maximum atomic E-state index is 11.1. The van der Waals surface area contributed by atoms with E-state index in [2.05, 4.69) is 15.9 Å². The molecule has 1 atom stereocenters. The zero-order valence-electron chi connectivity index (χ0n) is 5.60. The van der Waals surface area contributed by atoms with Crippen LogP contribution in [0.1, 0.15) is 13.8 Å². The summed E-state index contributed by atoms with van der Waals surface area (Å²) in [5.41, 5.74) is -0.530. The second-order valence-corrected chi connectivity index (χ2v) is 6.35. The van der Waals surface area contributed by atoms with Gasteiger partial charge in [0.15, 0.2) is 0 Å². The maximum Gasteiger partial charge on any atom is 0.314 e. The van der Waals surface area contributed by atoms with E-state index in [1.165, 1.54) is 5.82 Å². The maximum absolute atomic E-state index is 11.1. The van der Waals surface area contributed by atoms with Gasteiger partial charge in [-0.15, -0.1) is 0 Å². The van der Waals surface area contributed by atoms with Crippen LogP contribution >= 0.6 is 33.9 Å². The van der Waals surface area contributed by atoms with E-state index in [-0.39, 0.29) is 0 Å². The van der Waals surface area contributed by atoms with E-state index in [4.69, 9.17) is 15.8 Å². The lowest BCUT2D eigenvalue weighted by atomic mass is 10.1. The number of hydrogen-bond acceptors (Lipinski definition) is 2. The molecule has 0 saturated carbocycles. The van der Waals surface area contributed by atoms with Gasteiger partial charge < -0.3 is 4.52 Å². The minimum atomic E-state index is -2.96. The first-order valence-corrected chi connectivity index (χ1v) is 6.12. The van der Waals surface area contributed by atoms with Crippen molar-refractivity contribution in [2.75, 3.05) is 0 Å². The molecule has 0 radical (unpaired) electrons. The third-order valence-corrected chi connectivity index (χ3v) is 4.50. The first-order valence-electron chi connectivity index (χ1n) is 2.72. The Hall–Kier alpha value is 0.700. The van der Waals surface area contributed by atoms with Gasteiger partial charge in [0.05, 0.1) is 0 Å². The van der Waals surface area contributed by atoms with Crippen LogP contribution in [0.25, 0.3) is 0 Å². The van der Waals surface area contributed by atoms with E-state index in [0.717, 1.165) is 4.48 Å². The molecule has 0 aromatic carbocycles. The SMILES string of the molecule is CC1(C)OP(=O)(Cl)C=C1Br. The summed E-state index contributed by atoms with van der Waals surface area (Å²) in [6.45, 7) is 0.645. The monoisotopic (exact) mass is 244 g/mol. The lowest BCUT2D eigenvalue weighted by Gasteiger charge is -2.17. The summed E-state index contributed by atoms with van der Waals surface area (Å²) >= 11 is 8.69. The molecule has 0 fully saturated rings. The van der Waals surface area contributed by atoms with Crippen LogP contribution in [-0.4, -0.2) is 5.60 Å². The predicted octanol–water partition coefficient (Wildman–Crippen LogP) is 3.46. The molecule has 58 valence electrons. The first-order chi connectivity index (χ1) is 4.33. The van der Waals surface area contributed by atoms with E-state index in [1.54, 1.807) is 13.8 Å². The third kappa shape index (κ3) is 1.65. The Morgan fingerprint density at radius 1 is 1.80 bits per heavy atom. The Balaban J connectivity index is 3.00. The smallest absolute Gasteiger partial charge is 0.303 e. The van der Waals surface area contributed by atoms with Crippen molar-refractivity contribution in [3.8, 4) is 0 Å². The van der Waals surface area contributed by atoms with E-state index in [9.17, 15) is 4.57 Å². The number of halogens is 2. The second-order valence-electron chi connectivity index (χ2n) is 2.60. The van der Waals surface area contributed by atoms with Crippen LogP contribution in [-0.2, 0) is 9.09 Å². The molecule has 1 aliphatic heterocycles. The molecule has 0 amide bonds. The van der Waals surface area contributed by atoms with Gasteiger partial charge in [-0.3, -0.25) is 4.57 Å². The van der Waals surface area contributed by atoms with Crippen molar-refractivity contribution >= 4 is 33.9 Å². The standard InChI is InChI=1S/C5H7BrClO2P/c1-5(2)4(6)3-10(7,8)9-5/h3H,1-2H3. The Kier molecular flexibility index (Phi) is 2.06. The van der Waals surface area contributed by atoms with Gasteiger partial charge in [0.2, 0.25) is 0 Å².